The first-order valence-electron chi connectivity index (χ1n) is 9.50. The molecule has 0 aromatic rings. The van der Waals surface area contributed by atoms with Gasteiger partial charge in [-0.05, 0) is 75.8 Å². The van der Waals surface area contributed by atoms with E-state index in [1.807, 2.05) is 0 Å². The third kappa shape index (κ3) is 6.76. The van der Waals surface area contributed by atoms with Crippen LogP contribution in [0.4, 0.5) is 0 Å². The van der Waals surface area contributed by atoms with Gasteiger partial charge in [-0.1, -0.05) is 45.2 Å². The van der Waals surface area contributed by atoms with Gasteiger partial charge in [-0.3, -0.25) is 0 Å². The van der Waals surface area contributed by atoms with Gasteiger partial charge in [0.05, 0.1) is 6.04 Å². The van der Waals surface area contributed by atoms with Crippen LogP contribution < -0.4 is 5.32 Å². The number of hydrogen-bond acceptors (Lipinski definition) is 3. The Morgan fingerprint density at radius 3 is 2.59 bits per heavy atom. The predicted molar refractivity (Wildman–Crippen MR) is 96.1 cm³/mol. The van der Waals surface area contributed by atoms with Crippen LogP contribution in [0.2, 0.25) is 0 Å². The van der Waals surface area contributed by atoms with Gasteiger partial charge in [-0.2, -0.15) is 4.91 Å². The molecule has 0 aromatic heterocycles. The van der Waals surface area contributed by atoms with E-state index in [4.69, 9.17) is 0 Å². The largest absolute Gasteiger partial charge is 0.319 e. The van der Waals surface area contributed by atoms with E-state index in [2.05, 4.69) is 38.3 Å². The highest BCUT2D eigenvalue weighted by Crippen LogP contribution is 2.42. The lowest BCUT2D eigenvalue weighted by molar-refractivity contribution is 0.166. The third-order valence-electron chi connectivity index (χ3n) is 5.82. The molecule has 3 heteroatoms. The Morgan fingerprint density at radius 2 is 1.95 bits per heavy atom. The average Bonchev–Trinajstić information content (AvgIpc) is 2.73. The Kier molecular flexibility index (Phi) is 9.23. The van der Waals surface area contributed by atoms with Crippen molar-refractivity contribution in [3.8, 4) is 0 Å². The minimum atomic E-state index is 0.0509. The van der Waals surface area contributed by atoms with Crippen molar-refractivity contribution in [1.29, 1.82) is 0 Å². The zero-order chi connectivity index (χ0) is 16.4. The smallest absolute Gasteiger partial charge is 0.0919 e. The van der Waals surface area contributed by atoms with Crippen molar-refractivity contribution in [3.63, 3.8) is 0 Å². The Morgan fingerprint density at radius 1 is 1.18 bits per heavy atom. The lowest BCUT2D eigenvalue weighted by Crippen LogP contribution is -2.24. The third-order valence-corrected chi connectivity index (χ3v) is 5.82. The summed E-state index contributed by atoms with van der Waals surface area (Å²) >= 11 is 0. The standard InChI is InChI=1S/C19H38N2O/c1-5-8-18(21-22)11-7-14-19(2,3)17-10-6-9-16(12-13-17)15-20-4/h16-18,20H,5-15H2,1-4H3/t16?,17-,18-/m0/s1. The molecule has 0 aliphatic heterocycles. The van der Waals surface area contributed by atoms with Gasteiger partial charge in [0.2, 0.25) is 0 Å². The maximum atomic E-state index is 10.8. The highest BCUT2D eigenvalue weighted by Gasteiger charge is 2.31. The van der Waals surface area contributed by atoms with E-state index in [-0.39, 0.29) is 6.04 Å². The summed E-state index contributed by atoms with van der Waals surface area (Å²) in [4.78, 5) is 10.8. The predicted octanol–water partition coefficient (Wildman–Crippen LogP) is 5.53. The molecule has 1 fully saturated rings. The molecule has 0 aromatic carbocycles. The molecule has 1 unspecified atom stereocenters. The van der Waals surface area contributed by atoms with Gasteiger partial charge in [-0.25, -0.2) is 0 Å². The van der Waals surface area contributed by atoms with Crippen LogP contribution in [-0.4, -0.2) is 19.6 Å². The molecule has 1 rings (SSSR count). The minimum Gasteiger partial charge on any atom is -0.319 e. The molecule has 0 amide bonds. The summed E-state index contributed by atoms with van der Waals surface area (Å²) in [6.45, 7) is 8.20. The molecule has 0 spiro atoms. The van der Waals surface area contributed by atoms with Gasteiger partial charge in [0.15, 0.2) is 0 Å². The Labute approximate surface area is 138 Å². The fraction of sp³-hybridized carbons (Fsp3) is 1.00. The van der Waals surface area contributed by atoms with Crippen LogP contribution in [-0.2, 0) is 0 Å². The van der Waals surface area contributed by atoms with Crippen LogP contribution in [0.1, 0.15) is 85.0 Å². The Hall–Kier alpha value is -0.440. The van der Waals surface area contributed by atoms with Crippen molar-refractivity contribution >= 4 is 0 Å². The van der Waals surface area contributed by atoms with Crippen LogP contribution in [0.3, 0.4) is 0 Å². The summed E-state index contributed by atoms with van der Waals surface area (Å²) in [5.41, 5.74) is 0.411. The fourth-order valence-electron chi connectivity index (χ4n) is 4.23. The van der Waals surface area contributed by atoms with Crippen molar-refractivity contribution < 1.29 is 0 Å². The quantitative estimate of drug-likeness (QED) is 0.425. The fourth-order valence-corrected chi connectivity index (χ4v) is 4.23. The molecule has 130 valence electrons. The molecule has 22 heavy (non-hydrogen) atoms. The van der Waals surface area contributed by atoms with E-state index in [0.717, 1.165) is 37.5 Å². The first kappa shape index (κ1) is 19.6. The van der Waals surface area contributed by atoms with Crippen LogP contribution in [0, 0.1) is 22.2 Å². The number of rotatable bonds is 10. The molecular formula is C19H38N2O. The maximum Gasteiger partial charge on any atom is 0.0919 e. The van der Waals surface area contributed by atoms with Gasteiger partial charge >= 0.3 is 0 Å². The summed E-state index contributed by atoms with van der Waals surface area (Å²) in [5.74, 6) is 1.72. The van der Waals surface area contributed by atoms with Crippen molar-refractivity contribution in [2.75, 3.05) is 13.6 Å². The monoisotopic (exact) mass is 310 g/mol. The molecule has 0 bridgehead atoms. The van der Waals surface area contributed by atoms with E-state index in [0.29, 0.717) is 5.41 Å². The Balaban J connectivity index is 2.39. The molecule has 1 N–H and O–H groups in total. The molecule has 1 saturated carbocycles. The molecule has 1 aliphatic carbocycles. The van der Waals surface area contributed by atoms with E-state index in [1.54, 1.807) is 0 Å². The first-order chi connectivity index (χ1) is 10.5. The summed E-state index contributed by atoms with van der Waals surface area (Å²) in [6, 6.07) is 0.0509. The second-order valence-electron chi connectivity index (χ2n) is 8.06. The first-order valence-corrected chi connectivity index (χ1v) is 9.50. The number of nitrogens with one attached hydrogen (secondary N) is 1. The second kappa shape index (κ2) is 10.4. The van der Waals surface area contributed by atoms with Gasteiger partial charge < -0.3 is 5.32 Å². The highest BCUT2D eigenvalue weighted by atomic mass is 16.3. The summed E-state index contributed by atoms with van der Waals surface area (Å²) < 4.78 is 0. The number of nitrogens with zero attached hydrogens (tertiary/aromatic N) is 1. The van der Waals surface area contributed by atoms with Crippen molar-refractivity contribution in [2.45, 2.75) is 91.0 Å². The molecule has 3 nitrogen and oxygen atoms in total. The lowest BCUT2D eigenvalue weighted by atomic mass is 9.71. The van der Waals surface area contributed by atoms with E-state index >= 15 is 0 Å². The van der Waals surface area contributed by atoms with Crippen LogP contribution in [0.5, 0.6) is 0 Å². The van der Waals surface area contributed by atoms with E-state index in [1.165, 1.54) is 45.1 Å². The zero-order valence-electron chi connectivity index (χ0n) is 15.4. The summed E-state index contributed by atoms with van der Waals surface area (Å²) in [6.07, 6.45) is 12.3. The lowest BCUT2D eigenvalue weighted by Gasteiger charge is -2.34. The average molecular weight is 311 g/mol. The van der Waals surface area contributed by atoms with Crippen LogP contribution >= 0.6 is 0 Å². The molecule has 0 heterocycles. The van der Waals surface area contributed by atoms with Gasteiger partial charge in [0, 0.05) is 0 Å². The number of nitroso groups, excluding NO2 is 1. The highest BCUT2D eigenvalue weighted by molar-refractivity contribution is 4.83. The van der Waals surface area contributed by atoms with E-state index < -0.39 is 0 Å². The van der Waals surface area contributed by atoms with E-state index in [9.17, 15) is 4.91 Å². The van der Waals surface area contributed by atoms with Gasteiger partial charge in [-0.15, -0.1) is 0 Å². The topological polar surface area (TPSA) is 41.5 Å². The van der Waals surface area contributed by atoms with Gasteiger partial charge in [0.25, 0.3) is 0 Å². The molecule has 0 saturated heterocycles. The summed E-state index contributed by atoms with van der Waals surface area (Å²) in [5, 5.41) is 6.64. The van der Waals surface area contributed by atoms with Gasteiger partial charge in [0.1, 0.15) is 0 Å². The second-order valence-corrected chi connectivity index (χ2v) is 8.06. The SMILES string of the molecule is CCC[C@@H](CCCC(C)(C)[C@H]1CCCC(CNC)CC1)N=O. The Bertz CT molecular complexity index is 304. The molecular weight excluding hydrogens is 272 g/mol. The maximum absolute atomic E-state index is 10.8. The minimum absolute atomic E-state index is 0.0509. The van der Waals surface area contributed by atoms with Crippen LogP contribution in [0.25, 0.3) is 0 Å². The van der Waals surface area contributed by atoms with Crippen molar-refractivity contribution in [2.24, 2.45) is 22.4 Å². The molecule has 3 atom stereocenters. The normalized spacial score (nSPS) is 24.7. The van der Waals surface area contributed by atoms with Crippen molar-refractivity contribution in [1.82, 2.24) is 5.32 Å². The molecule has 1 aliphatic rings. The van der Waals surface area contributed by atoms with Crippen LogP contribution in [0.15, 0.2) is 5.18 Å². The number of hydrogen-bond donors (Lipinski definition) is 1. The zero-order valence-corrected chi connectivity index (χ0v) is 15.4. The van der Waals surface area contributed by atoms with Crippen molar-refractivity contribution in [3.05, 3.63) is 4.91 Å². The molecule has 0 radical (unpaired) electrons. The summed E-state index contributed by atoms with van der Waals surface area (Å²) in [7, 11) is 2.07.